The summed E-state index contributed by atoms with van der Waals surface area (Å²) >= 11 is 1.47. The number of rotatable bonds is 5. The van der Waals surface area contributed by atoms with Crippen LogP contribution in [0.3, 0.4) is 0 Å². The molecule has 0 aromatic carbocycles. The Bertz CT molecular complexity index is 702. The Kier molecular flexibility index (Phi) is 4.64. The van der Waals surface area contributed by atoms with E-state index >= 15 is 0 Å². The average Bonchev–Trinajstić information content (AvgIpc) is 3.33. The quantitative estimate of drug-likeness (QED) is 0.832. The number of fused-ring (bicyclic) bond motifs is 1. The topological polar surface area (TPSA) is 79.2 Å². The highest BCUT2D eigenvalue weighted by Gasteiger charge is 2.43. The molecule has 1 N–H and O–H groups in total. The van der Waals surface area contributed by atoms with Crippen molar-refractivity contribution in [2.45, 2.75) is 51.5 Å². The second-order valence-corrected chi connectivity index (χ2v) is 8.26. The third-order valence-corrected chi connectivity index (χ3v) is 6.11. The zero-order valence-corrected chi connectivity index (χ0v) is 14.9. The summed E-state index contributed by atoms with van der Waals surface area (Å²) in [5, 5.41) is 11.9. The van der Waals surface area contributed by atoms with Crippen molar-refractivity contribution in [3.05, 3.63) is 21.4 Å². The number of aryl methyl sites for hydroxylation is 1. The van der Waals surface area contributed by atoms with Gasteiger partial charge in [0.05, 0.1) is 6.07 Å². The Balaban J connectivity index is 1.54. The maximum absolute atomic E-state index is 12.2. The molecule has 0 spiro atoms. The van der Waals surface area contributed by atoms with E-state index in [0.29, 0.717) is 10.8 Å². The van der Waals surface area contributed by atoms with E-state index in [9.17, 15) is 14.9 Å². The molecule has 0 bridgehead atoms. The first-order valence-corrected chi connectivity index (χ1v) is 9.24. The van der Waals surface area contributed by atoms with Gasteiger partial charge < -0.3 is 10.1 Å². The average molecular weight is 346 g/mol. The first-order valence-electron chi connectivity index (χ1n) is 8.42. The number of carbonyl (C=O) groups is 2. The molecule has 3 rings (SSSR count). The van der Waals surface area contributed by atoms with Crippen LogP contribution in [-0.2, 0) is 22.4 Å². The summed E-state index contributed by atoms with van der Waals surface area (Å²) in [6.45, 7) is 3.59. The first kappa shape index (κ1) is 17.0. The number of carbonyl (C=O) groups excluding carboxylic acids is 2. The van der Waals surface area contributed by atoms with E-state index in [1.54, 1.807) is 6.92 Å². The number of nitrogens with one attached hydrogen (secondary N) is 1. The largest absolute Gasteiger partial charge is 0.451 e. The van der Waals surface area contributed by atoms with Crippen LogP contribution in [0.5, 0.6) is 0 Å². The SMILES string of the molecule is C[C@@H]1CCc2sc(C(=O)OCC(=O)N[C@](C)(C#N)C3CC3)cc2C1. The van der Waals surface area contributed by atoms with Gasteiger partial charge in [-0.2, -0.15) is 5.26 Å². The predicted octanol–water partition coefficient (Wildman–Crippen LogP) is 2.84. The fourth-order valence-corrected chi connectivity index (χ4v) is 4.32. The fraction of sp³-hybridized carbons (Fsp3) is 0.611. The summed E-state index contributed by atoms with van der Waals surface area (Å²) < 4.78 is 5.14. The van der Waals surface area contributed by atoms with Crippen molar-refractivity contribution >= 4 is 23.2 Å². The highest BCUT2D eigenvalue weighted by molar-refractivity contribution is 7.14. The van der Waals surface area contributed by atoms with Crippen LogP contribution in [0.15, 0.2) is 6.07 Å². The van der Waals surface area contributed by atoms with Crippen molar-refractivity contribution in [3.8, 4) is 6.07 Å². The summed E-state index contributed by atoms with van der Waals surface area (Å²) in [5.41, 5.74) is 0.378. The van der Waals surface area contributed by atoms with E-state index < -0.39 is 17.4 Å². The standard InChI is InChI=1S/C18H22N2O3S/c1-11-3-6-14-12(7-11)8-15(24-14)17(22)23-9-16(21)20-18(2,10-19)13-4-5-13/h8,11,13H,3-7,9H2,1-2H3,(H,20,21)/t11-,18-/m1/s1. The number of esters is 1. The summed E-state index contributed by atoms with van der Waals surface area (Å²) in [6.07, 6.45) is 5.06. The second kappa shape index (κ2) is 6.56. The van der Waals surface area contributed by atoms with E-state index in [-0.39, 0.29) is 12.5 Å². The Morgan fingerprint density at radius 2 is 2.21 bits per heavy atom. The maximum atomic E-state index is 12.2. The van der Waals surface area contributed by atoms with E-state index in [2.05, 4.69) is 18.3 Å². The highest BCUT2D eigenvalue weighted by Crippen LogP contribution is 2.39. The zero-order valence-electron chi connectivity index (χ0n) is 14.1. The number of nitrogens with zero attached hydrogens (tertiary/aromatic N) is 1. The molecule has 24 heavy (non-hydrogen) atoms. The summed E-state index contributed by atoms with van der Waals surface area (Å²) in [5.74, 6) is -0.0301. The molecule has 0 saturated heterocycles. The monoisotopic (exact) mass is 346 g/mol. The molecule has 2 atom stereocenters. The smallest absolute Gasteiger partial charge is 0.348 e. The Morgan fingerprint density at radius 1 is 1.46 bits per heavy atom. The predicted molar refractivity (Wildman–Crippen MR) is 90.7 cm³/mol. The highest BCUT2D eigenvalue weighted by atomic mass is 32.1. The van der Waals surface area contributed by atoms with Gasteiger partial charge in [-0.3, -0.25) is 4.79 Å². The van der Waals surface area contributed by atoms with Gasteiger partial charge >= 0.3 is 5.97 Å². The number of nitriles is 1. The van der Waals surface area contributed by atoms with Crippen molar-refractivity contribution in [1.82, 2.24) is 5.32 Å². The minimum atomic E-state index is -0.859. The molecule has 1 fully saturated rings. The molecule has 1 aromatic heterocycles. The van der Waals surface area contributed by atoms with E-state index in [1.807, 2.05) is 6.07 Å². The second-order valence-electron chi connectivity index (χ2n) is 7.12. The van der Waals surface area contributed by atoms with Crippen molar-refractivity contribution in [3.63, 3.8) is 0 Å². The number of thiophene rings is 1. The van der Waals surface area contributed by atoms with Crippen molar-refractivity contribution in [2.24, 2.45) is 11.8 Å². The van der Waals surface area contributed by atoms with Gasteiger partial charge in [0, 0.05) is 4.88 Å². The molecule has 6 heteroatoms. The lowest BCUT2D eigenvalue weighted by Crippen LogP contribution is -2.48. The zero-order chi connectivity index (χ0) is 17.3. The van der Waals surface area contributed by atoms with Crippen LogP contribution in [0.4, 0.5) is 0 Å². The van der Waals surface area contributed by atoms with Gasteiger partial charge in [0.15, 0.2) is 6.61 Å². The minimum Gasteiger partial charge on any atom is -0.451 e. The van der Waals surface area contributed by atoms with Crippen molar-refractivity contribution < 1.29 is 14.3 Å². The van der Waals surface area contributed by atoms with Gasteiger partial charge in [-0.1, -0.05) is 6.92 Å². The van der Waals surface area contributed by atoms with Crippen LogP contribution in [0.25, 0.3) is 0 Å². The lowest BCUT2D eigenvalue weighted by atomic mass is 9.90. The molecule has 0 radical (unpaired) electrons. The van der Waals surface area contributed by atoms with E-state index in [0.717, 1.165) is 32.1 Å². The Morgan fingerprint density at radius 3 is 2.88 bits per heavy atom. The molecule has 1 heterocycles. The fourth-order valence-electron chi connectivity index (χ4n) is 3.22. The van der Waals surface area contributed by atoms with Crippen LogP contribution in [0, 0.1) is 23.2 Å². The van der Waals surface area contributed by atoms with E-state index in [1.165, 1.54) is 21.8 Å². The normalized spacial score (nSPS) is 22.0. The molecule has 0 aliphatic heterocycles. The molecular formula is C18H22N2O3S. The molecule has 128 valence electrons. The first-order chi connectivity index (χ1) is 11.4. The summed E-state index contributed by atoms with van der Waals surface area (Å²) in [6, 6.07) is 4.06. The lowest BCUT2D eigenvalue weighted by molar-refractivity contribution is -0.125. The van der Waals surface area contributed by atoms with Crippen LogP contribution < -0.4 is 5.32 Å². The van der Waals surface area contributed by atoms with Crippen LogP contribution >= 0.6 is 11.3 Å². The molecule has 1 aromatic rings. The summed E-state index contributed by atoms with van der Waals surface area (Å²) in [7, 11) is 0. The number of hydrogen-bond donors (Lipinski definition) is 1. The molecular weight excluding hydrogens is 324 g/mol. The Labute approximate surface area is 146 Å². The van der Waals surface area contributed by atoms with Gasteiger partial charge in [0.2, 0.25) is 0 Å². The number of hydrogen-bond acceptors (Lipinski definition) is 5. The van der Waals surface area contributed by atoms with Crippen LogP contribution in [0.2, 0.25) is 0 Å². The molecule has 5 nitrogen and oxygen atoms in total. The molecule has 2 aliphatic carbocycles. The minimum absolute atomic E-state index is 0.202. The maximum Gasteiger partial charge on any atom is 0.348 e. The van der Waals surface area contributed by atoms with Gasteiger partial charge in [-0.15, -0.1) is 11.3 Å². The number of amides is 1. The van der Waals surface area contributed by atoms with Gasteiger partial charge in [0.1, 0.15) is 10.4 Å². The molecule has 2 aliphatic rings. The van der Waals surface area contributed by atoms with Gasteiger partial charge in [0.25, 0.3) is 5.91 Å². The van der Waals surface area contributed by atoms with Crippen LogP contribution in [-0.4, -0.2) is 24.0 Å². The third kappa shape index (κ3) is 3.62. The third-order valence-electron chi connectivity index (χ3n) is 4.89. The molecule has 1 amide bonds. The summed E-state index contributed by atoms with van der Waals surface area (Å²) in [4.78, 5) is 26.0. The van der Waals surface area contributed by atoms with Gasteiger partial charge in [-0.05, 0) is 62.5 Å². The van der Waals surface area contributed by atoms with Crippen molar-refractivity contribution in [2.75, 3.05) is 6.61 Å². The molecule has 0 unspecified atom stereocenters. The Hall–Kier alpha value is -1.87. The number of ether oxygens (including phenoxy) is 1. The van der Waals surface area contributed by atoms with Crippen molar-refractivity contribution in [1.29, 1.82) is 5.26 Å². The molecule has 1 saturated carbocycles. The lowest BCUT2D eigenvalue weighted by Gasteiger charge is -2.22. The van der Waals surface area contributed by atoms with Crippen LogP contribution in [0.1, 0.15) is 53.2 Å². The van der Waals surface area contributed by atoms with Gasteiger partial charge in [-0.25, -0.2) is 4.79 Å². The van der Waals surface area contributed by atoms with E-state index in [4.69, 9.17) is 4.74 Å².